The highest BCUT2D eigenvalue weighted by Crippen LogP contribution is 2.24. The summed E-state index contributed by atoms with van der Waals surface area (Å²) in [4.78, 5) is 26.7. The number of aromatic nitrogens is 3. The largest absolute Gasteiger partial charge is 0.344 e. The first-order chi connectivity index (χ1) is 18.7. The predicted molar refractivity (Wildman–Crippen MR) is 153 cm³/mol. The van der Waals surface area contributed by atoms with Crippen molar-refractivity contribution in [1.82, 2.24) is 20.3 Å². The SMILES string of the molecule is O=C(CSc1nc(Nc2ccccc2)nc(Nc2ccccc2)n1)NC(c1ccccc1)c1ccccc1. The van der Waals surface area contributed by atoms with Gasteiger partial charge in [-0.2, -0.15) is 15.0 Å². The van der Waals surface area contributed by atoms with E-state index < -0.39 is 0 Å². The molecular weight excluding hydrogens is 492 g/mol. The summed E-state index contributed by atoms with van der Waals surface area (Å²) in [7, 11) is 0. The zero-order valence-corrected chi connectivity index (χ0v) is 21.3. The Labute approximate surface area is 225 Å². The van der Waals surface area contributed by atoms with Crippen LogP contribution in [0.2, 0.25) is 0 Å². The molecule has 0 unspecified atom stereocenters. The molecule has 0 radical (unpaired) electrons. The van der Waals surface area contributed by atoms with Gasteiger partial charge in [0.05, 0.1) is 11.8 Å². The summed E-state index contributed by atoms with van der Waals surface area (Å²) in [5.74, 6) is 0.802. The van der Waals surface area contributed by atoms with E-state index in [2.05, 4.69) is 30.9 Å². The van der Waals surface area contributed by atoms with E-state index in [-0.39, 0.29) is 17.7 Å². The van der Waals surface area contributed by atoms with Gasteiger partial charge in [0.1, 0.15) is 0 Å². The maximum absolute atomic E-state index is 13.1. The molecule has 1 aromatic heterocycles. The van der Waals surface area contributed by atoms with Crippen molar-refractivity contribution in [2.45, 2.75) is 11.2 Å². The van der Waals surface area contributed by atoms with Crippen LogP contribution in [0.5, 0.6) is 0 Å². The van der Waals surface area contributed by atoms with Crippen LogP contribution in [0.1, 0.15) is 17.2 Å². The number of carbonyl (C=O) groups is 1. The number of hydrogen-bond acceptors (Lipinski definition) is 7. The number of benzene rings is 4. The fourth-order valence-electron chi connectivity index (χ4n) is 3.82. The van der Waals surface area contributed by atoms with Crippen LogP contribution in [-0.2, 0) is 4.79 Å². The lowest BCUT2D eigenvalue weighted by molar-refractivity contribution is -0.119. The Kier molecular flexibility index (Phi) is 8.23. The lowest BCUT2D eigenvalue weighted by Crippen LogP contribution is -2.30. The van der Waals surface area contributed by atoms with Gasteiger partial charge in [-0.3, -0.25) is 4.79 Å². The van der Waals surface area contributed by atoms with Gasteiger partial charge in [-0.1, -0.05) is 109 Å². The molecule has 0 aliphatic carbocycles. The first kappa shape index (κ1) is 25.0. The zero-order valence-electron chi connectivity index (χ0n) is 20.5. The Balaban J connectivity index is 1.33. The molecule has 0 aliphatic heterocycles. The highest BCUT2D eigenvalue weighted by Gasteiger charge is 2.17. The fraction of sp³-hybridized carbons (Fsp3) is 0.0667. The second-order valence-electron chi connectivity index (χ2n) is 8.36. The Morgan fingerprint density at radius 3 is 1.47 bits per heavy atom. The second kappa shape index (κ2) is 12.5. The number of nitrogens with one attached hydrogen (secondary N) is 3. The molecule has 0 saturated heterocycles. The average molecular weight is 519 g/mol. The summed E-state index contributed by atoms with van der Waals surface area (Å²) >= 11 is 1.26. The van der Waals surface area contributed by atoms with Crippen molar-refractivity contribution < 1.29 is 4.79 Å². The van der Waals surface area contributed by atoms with Crippen molar-refractivity contribution in [3.8, 4) is 0 Å². The van der Waals surface area contributed by atoms with Crippen molar-refractivity contribution in [1.29, 1.82) is 0 Å². The number of para-hydroxylation sites is 2. The van der Waals surface area contributed by atoms with Gasteiger partial charge in [0.15, 0.2) is 5.16 Å². The summed E-state index contributed by atoms with van der Waals surface area (Å²) in [6.07, 6.45) is 0. The Bertz CT molecular complexity index is 1350. The third-order valence-corrected chi connectivity index (χ3v) is 6.43. The highest BCUT2D eigenvalue weighted by atomic mass is 32.2. The average Bonchev–Trinajstić information content (AvgIpc) is 2.97. The van der Waals surface area contributed by atoms with E-state index in [4.69, 9.17) is 0 Å². The Morgan fingerprint density at radius 2 is 1.03 bits per heavy atom. The molecule has 1 heterocycles. The quantitative estimate of drug-likeness (QED) is 0.185. The summed E-state index contributed by atoms with van der Waals surface area (Å²) in [6.45, 7) is 0. The zero-order chi connectivity index (χ0) is 26.0. The smallest absolute Gasteiger partial charge is 0.233 e. The molecule has 3 N–H and O–H groups in total. The molecular formula is C30H26N6OS. The minimum atomic E-state index is -0.255. The van der Waals surface area contributed by atoms with Crippen molar-refractivity contribution in [2.75, 3.05) is 16.4 Å². The van der Waals surface area contributed by atoms with Crippen LogP contribution in [0, 0.1) is 0 Å². The van der Waals surface area contributed by atoms with E-state index >= 15 is 0 Å². The molecule has 188 valence electrons. The maximum Gasteiger partial charge on any atom is 0.233 e. The van der Waals surface area contributed by atoms with E-state index in [0.717, 1.165) is 22.5 Å². The van der Waals surface area contributed by atoms with E-state index in [1.54, 1.807) is 0 Å². The third-order valence-electron chi connectivity index (χ3n) is 5.58. The number of carbonyl (C=O) groups excluding carboxylic acids is 1. The van der Waals surface area contributed by atoms with Crippen molar-refractivity contribution >= 4 is 40.9 Å². The van der Waals surface area contributed by atoms with Gasteiger partial charge < -0.3 is 16.0 Å². The monoisotopic (exact) mass is 518 g/mol. The Morgan fingerprint density at radius 1 is 0.605 bits per heavy atom. The van der Waals surface area contributed by atoms with Crippen LogP contribution < -0.4 is 16.0 Å². The fourth-order valence-corrected chi connectivity index (χ4v) is 4.46. The van der Waals surface area contributed by atoms with Crippen molar-refractivity contribution in [3.05, 3.63) is 132 Å². The number of nitrogens with zero attached hydrogens (tertiary/aromatic N) is 3. The first-order valence-corrected chi connectivity index (χ1v) is 13.1. The van der Waals surface area contributed by atoms with Crippen LogP contribution in [0.25, 0.3) is 0 Å². The Hall–Kier alpha value is -4.69. The lowest BCUT2D eigenvalue weighted by atomic mass is 9.99. The number of hydrogen-bond donors (Lipinski definition) is 3. The minimum Gasteiger partial charge on any atom is -0.344 e. The highest BCUT2D eigenvalue weighted by molar-refractivity contribution is 7.99. The molecule has 0 spiro atoms. The molecule has 0 atom stereocenters. The summed E-state index contributed by atoms with van der Waals surface area (Å²) in [5, 5.41) is 10.0. The molecule has 8 heteroatoms. The van der Waals surface area contributed by atoms with E-state index in [1.165, 1.54) is 11.8 Å². The van der Waals surface area contributed by atoms with Gasteiger partial charge >= 0.3 is 0 Å². The summed E-state index contributed by atoms with van der Waals surface area (Å²) in [6, 6.07) is 39.0. The molecule has 5 aromatic rings. The van der Waals surface area contributed by atoms with E-state index in [1.807, 2.05) is 121 Å². The van der Waals surface area contributed by atoms with Crippen LogP contribution in [-0.4, -0.2) is 26.6 Å². The summed E-state index contributed by atoms with van der Waals surface area (Å²) < 4.78 is 0. The third kappa shape index (κ3) is 6.96. The molecule has 7 nitrogen and oxygen atoms in total. The first-order valence-electron chi connectivity index (χ1n) is 12.2. The molecule has 0 aliphatic rings. The van der Waals surface area contributed by atoms with Gasteiger partial charge in [0, 0.05) is 11.4 Å². The molecule has 4 aromatic carbocycles. The number of thioether (sulfide) groups is 1. The standard InChI is InChI=1S/C30H26N6OS/c37-26(33-27(22-13-5-1-6-14-22)23-15-7-2-8-16-23)21-38-30-35-28(31-24-17-9-3-10-18-24)34-29(36-30)32-25-19-11-4-12-20-25/h1-20,27H,21H2,(H,33,37)(H2,31,32,34,35,36). The molecule has 5 rings (SSSR count). The van der Waals surface area contributed by atoms with Crippen LogP contribution in [0.4, 0.5) is 23.3 Å². The van der Waals surface area contributed by atoms with Crippen LogP contribution in [0.15, 0.2) is 126 Å². The molecule has 0 saturated carbocycles. The van der Waals surface area contributed by atoms with Gasteiger partial charge in [0.2, 0.25) is 17.8 Å². The van der Waals surface area contributed by atoms with Gasteiger partial charge in [-0.25, -0.2) is 0 Å². The molecule has 0 bridgehead atoms. The van der Waals surface area contributed by atoms with Gasteiger partial charge in [0.25, 0.3) is 0 Å². The van der Waals surface area contributed by atoms with Crippen LogP contribution in [0.3, 0.4) is 0 Å². The molecule has 38 heavy (non-hydrogen) atoms. The van der Waals surface area contributed by atoms with E-state index in [9.17, 15) is 4.79 Å². The second-order valence-corrected chi connectivity index (χ2v) is 9.30. The van der Waals surface area contributed by atoms with Gasteiger partial charge in [-0.15, -0.1) is 0 Å². The van der Waals surface area contributed by atoms with Crippen molar-refractivity contribution in [2.24, 2.45) is 0 Å². The molecule has 0 fully saturated rings. The number of anilines is 4. The lowest BCUT2D eigenvalue weighted by Gasteiger charge is -2.19. The maximum atomic E-state index is 13.1. The topological polar surface area (TPSA) is 91.8 Å². The number of rotatable bonds is 10. The van der Waals surface area contributed by atoms with Crippen molar-refractivity contribution in [3.63, 3.8) is 0 Å². The normalized spacial score (nSPS) is 10.7. The van der Waals surface area contributed by atoms with Crippen LogP contribution >= 0.6 is 11.8 Å². The minimum absolute atomic E-state index is 0.122. The number of amides is 1. The molecule has 1 amide bonds. The predicted octanol–water partition coefficient (Wildman–Crippen LogP) is 6.36. The summed E-state index contributed by atoms with van der Waals surface area (Å²) in [5.41, 5.74) is 3.74. The van der Waals surface area contributed by atoms with Gasteiger partial charge in [-0.05, 0) is 35.4 Å². The van der Waals surface area contributed by atoms with E-state index in [0.29, 0.717) is 17.1 Å².